The summed E-state index contributed by atoms with van der Waals surface area (Å²) in [5, 5.41) is 1.83. The lowest BCUT2D eigenvalue weighted by molar-refractivity contribution is -0.138. The van der Waals surface area contributed by atoms with Crippen LogP contribution in [0.2, 0.25) is 0 Å². The molecule has 1 atom stereocenters. The molecule has 31 heavy (non-hydrogen) atoms. The van der Waals surface area contributed by atoms with Crippen LogP contribution >= 0.6 is 0 Å². The molecule has 1 spiro atoms. The van der Waals surface area contributed by atoms with Crippen LogP contribution in [-0.4, -0.2) is 26.1 Å². The standard InChI is InChI=1S/C24H21F3N2O2/c1-22(2)19-16(24(25,26)27)10-7-11-17(19)29(3)23(22)13-28-20-15-9-6-5-8-14(15)12-18(30-4)21(20)31-23/h5-13H,1-4H3. The quantitative estimate of drug-likeness (QED) is 0.473. The fourth-order valence-corrected chi connectivity index (χ4v) is 4.93. The first-order valence-corrected chi connectivity index (χ1v) is 9.90. The van der Waals surface area contributed by atoms with Crippen LogP contribution < -0.4 is 14.4 Å². The lowest BCUT2D eigenvalue weighted by atomic mass is 9.75. The third-order valence-corrected chi connectivity index (χ3v) is 6.52. The summed E-state index contributed by atoms with van der Waals surface area (Å²) in [6.07, 6.45) is -2.85. The molecule has 3 aromatic rings. The van der Waals surface area contributed by atoms with Gasteiger partial charge in [0, 0.05) is 18.1 Å². The highest BCUT2D eigenvalue weighted by atomic mass is 19.4. The van der Waals surface area contributed by atoms with E-state index in [1.54, 1.807) is 45.2 Å². The van der Waals surface area contributed by atoms with Crippen molar-refractivity contribution in [1.82, 2.24) is 0 Å². The van der Waals surface area contributed by atoms with E-state index < -0.39 is 22.9 Å². The van der Waals surface area contributed by atoms with E-state index >= 15 is 0 Å². The molecule has 2 aliphatic rings. The Bertz CT molecular complexity index is 1250. The minimum atomic E-state index is -4.48. The maximum absolute atomic E-state index is 13.9. The molecule has 0 N–H and O–H groups in total. The molecule has 0 saturated carbocycles. The van der Waals surface area contributed by atoms with Crippen molar-refractivity contribution < 1.29 is 22.6 Å². The van der Waals surface area contributed by atoms with E-state index in [1.807, 2.05) is 30.3 Å². The summed E-state index contributed by atoms with van der Waals surface area (Å²) < 4.78 is 53.8. The predicted octanol–water partition coefficient (Wildman–Crippen LogP) is 6.09. The van der Waals surface area contributed by atoms with Gasteiger partial charge in [0.2, 0.25) is 5.72 Å². The first kappa shape index (κ1) is 19.7. The van der Waals surface area contributed by atoms with Gasteiger partial charge < -0.3 is 14.4 Å². The highest BCUT2D eigenvalue weighted by molar-refractivity contribution is 6.01. The summed E-state index contributed by atoms with van der Waals surface area (Å²) in [4.78, 5) is 6.47. The molecule has 160 valence electrons. The Labute approximate surface area is 177 Å². The molecule has 0 fully saturated rings. The highest BCUT2D eigenvalue weighted by Crippen LogP contribution is 2.58. The summed E-state index contributed by atoms with van der Waals surface area (Å²) in [7, 11) is 3.27. The lowest BCUT2D eigenvalue weighted by Crippen LogP contribution is -2.61. The molecule has 0 bridgehead atoms. The van der Waals surface area contributed by atoms with Crippen LogP contribution in [0.5, 0.6) is 11.5 Å². The average molecular weight is 426 g/mol. The van der Waals surface area contributed by atoms with Crippen LogP contribution in [0.4, 0.5) is 24.5 Å². The van der Waals surface area contributed by atoms with Crippen molar-refractivity contribution in [3.8, 4) is 11.5 Å². The van der Waals surface area contributed by atoms with Gasteiger partial charge in [0.15, 0.2) is 11.5 Å². The van der Waals surface area contributed by atoms with E-state index in [0.717, 1.165) is 16.8 Å². The van der Waals surface area contributed by atoms with Gasteiger partial charge in [-0.2, -0.15) is 13.2 Å². The predicted molar refractivity (Wildman–Crippen MR) is 115 cm³/mol. The van der Waals surface area contributed by atoms with Crippen LogP contribution in [-0.2, 0) is 11.6 Å². The fourth-order valence-electron chi connectivity index (χ4n) is 4.93. The van der Waals surface area contributed by atoms with Gasteiger partial charge in [-0.1, -0.05) is 30.3 Å². The van der Waals surface area contributed by atoms with E-state index in [1.165, 1.54) is 6.07 Å². The number of anilines is 1. The maximum atomic E-state index is 13.9. The zero-order valence-corrected chi connectivity index (χ0v) is 17.5. The molecule has 7 heteroatoms. The highest BCUT2D eigenvalue weighted by Gasteiger charge is 2.61. The number of likely N-dealkylation sites (N-methyl/N-ethyl adjacent to an activating group) is 1. The summed E-state index contributed by atoms with van der Waals surface area (Å²) in [6, 6.07) is 13.8. The monoisotopic (exact) mass is 426 g/mol. The Balaban J connectivity index is 1.75. The molecule has 0 aliphatic carbocycles. The first-order chi connectivity index (χ1) is 14.6. The molecular weight excluding hydrogens is 405 g/mol. The van der Waals surface area contributed by atoms with Crippen molar-refractivity contribution in [3.63, 3.8) is 0 Å². The Kier molecular flexibility index (Phi) is 3.92. The SMILES string of the molecule is COc1cc2ccccc2c2c1OC1(C=N2)N(C)c2cccc(C(F)(F)F)c2C1(C)C. The molecule has 0 aromatic heterocycles. The van der Waals surface area contributed by atoms with Crippen LogP contribution in [0.3, 0.4) is 0 Å². The molecule has 2 heterocycles. The Morgan fingerprint density at radius 1 is 1.06 bits per heavy atom. The number of hydrogen-bond donors (Lipinski definition) is 0. The number of benzene rings is 3. The molecule has 4 nitrogen and oxygen atoms in total. The molecule has 0 amide bonds. The molecular formula is C24H21F3N2O2. The number of fused-ring (bicyclic) bond motifs is 4. The van der Waals surface area contributed by atoms with E-state index in [0.29, 0.717) is 22.9 Å². The third kappa shape index (κ3) is 2.46. The number of hydrogen-bond acceptors (Lipinski definition) is 4. The smallest absolute Gasteiger partial charge is 0.416 e. The number of aliphatic imine (C=N–C) groups is 1. The minimum absolute atomic E-state index is 0.194. The van der Waals surface area contributed by atoms with Crippen molar-refractivity contribution in [2.75, 3.05) is 19.1 Å². The van der Waals surface area contributed by atoms with Gasteiger partial charge in [0.05, 0.1) is 24.3 Å². The topological polar surface area (TPSA) is 34.1 Å². The number of ether oxygens (including phenoxy) is 2. The number of methoxy groups -OCH3 is 1. The molecule has 3 aromatic carbocycles. The van der Waals surface area contributed by atoms with Crippen molar-refractivity contribution in [2.24, 2.45) is 4.99 Å². The van der Waals surface area contributed by atoms with Crippen LogP contribution in [0.15, 0.2) is 53.5 Å². The normalized spacial score (nSPS) is 21.2. The minimum Gasteiger partial charge on any atom is -0.493 e. The van der Waals surface area contributed by atoms with Gasteiger partial charge in [0.1, 0.15) is 5.69 Å². The zero-order valence-electron chi connectivity index (χ0n) is 17.5. The van der Waals surface area contributed by atoms with Crippen molar-refractivity contribution in [1.29, 1.82) is 0 Å². The maximum Gasteiger partial charge on any atom is 0.416 e. The summed E-state index contributed by atoms with van der Waals surface area (Å²) in [5.41, 5.74) is -1.70. The Morgan fingerprint density at radius 3 is 2.52 bits per heavy atom. The van der Waals surface area contributed by atoms with Crippen LogP contribution in [0.1, 0.15) is 25.0 Å². The Hall–Kier alpha value is -3.22. The summed E-state index contributed by atoms with van der Waals surface area (Å²) in [6.45, 7) is 3.52. The molecule has 0 saturated heterocycles. The number of alkyl halides is 3. The number of halogens is 3. The second-order valence-electron chi connectivity index (χ2n) is 8.42. The van der Waals surface area contributed by atoms with Gasteiger partial charge in [0.25, 0.3) is 0 Å². The lowest BCUT2D eigenvalue weighted by Gasteiger charge is -2.45. The fraction of sp³-hybridized carbons (Fsp3) is 0.292. The van der Waals surface area contributed by atoms with E-state index in [2.05, 4.69) is 0 Å². The Morgan fingerprint density at radius 2 is 1.81 bits per heavy atom. The van der Waals surface area contributed by atoms with E-state index in [4.69, 9.17) is 14.5 Å². The van der Waals surface area contributed by atoms with Crippen molar-refractivity contribution in [2.45, 2.75) is 31.2 Å². The van der Waals surface area contributed by atoms with Gasteiger partial charge in [-0.15, -0.1) is 0 Å². The second kappa shape index (κ2) is 6.15. The van der Waals surface area contributed by atoms with Crippen LogP contribution in [0, 0.1) is 0 Å². The molecule has 0 radical (unpaired) electrons. The summed E-state index contributed by atoms with van der Waals surface area (Å²) in [5.74, 6) is 0.908. The zero-order chi connectivity index (χ0) is 22.2. The second-order valence-corrected chi connectivity index (χ2v) is 8.42. The molecule has 1 unspecified atom stereocenters. The summed E-state index contributed by atoms with van der Waals surface area (Å²) >= 11 is 0. The average Bonchev–Trinajstić information content (AvgIpc) is 2.91. The number of rotatable bonds is 1. The van der Waals surface area contributed by atoms with E-state index in [9.17, 15) is 13.2 Å². The van der Waals surface area contributed by atoms with Gasteiger partial charge in [-0.25, -0.2) is 0 Å². The molecule has 5 rings (SSSR count). The molecule has 2 aliphatic heterocycles. The van der Waals surface area contributed by atoms with Crippen molar-refractivity contribution >= 4 is 28.4 Å². The first-order valence-electron chi connectivity index (χ1n) is 9.90. The van der Waals surface area contributed by atoms with Crippen molar-refractivity contribution in [3.05, 3.63) is 59.7 Å². The van der Waals surface area contributed by atoms with E-state index in [-0.39, 0.29) is 5.56 Å². The van der Waals surface area contributed by atoms with Crippen LogP contribution in [0.25, 0.3) is 10.8 Å². The third-order valence-electron chi connectivity index (χ3n) is 6.52. The largest absolute Gasteiger partial charge is 0.493 e. The van der Waals surface area contributed by atoms with Gasteiger partial charge in [-0.3, -0.25) is 4.99 Å². The number of nitrogens with zero attached hydrogens (tertiary/aromatic N) is 2. The van der Waals surface area contributed by atoms with Gasteiger partial charge in [-0.05, 0) is 43.0 Å². The van der Waals surface area contributed by atoms with Gasteiger partial charge >= 0.3 is 6.18 Å².